The zero-order chi connectivity index (χ0) is 22.1. The molecular formula is C26H29N3O2. The molecule has 0 spiro atoms. The van der Waals surface area contributed by atoms with Crippen molar-refractivity contribution in [2.24, 2.45) is 0 Å². The summed E-state index contributed by atoms with van der Waals surface area (Å²) < 4.78 is 0. The Hall–Kier alpha value is -3.44. The van der Waals surface area contributed by atoms with Gasteiger partial charge in [-0.25, -0.2) is 0 Å². The molecule has 0 heterocycles. The highest BCUT2D eigenvalue weighted by molar-refractivity contribution is 6.06. The van der Waals surface area contributed by atoms with E-state index in [-0.39, 0.29) is 18.2 Å². The highest BCUT2D eigenvalue weighted by Gasteiger charge is 2.18. The Kier molecular flexibility index (Phi) is 7.96. The molecule has 0 bridgehead atoms. The second kappa shape index (κ2) is 11.1. The molecule has 2 amide bonds. The van der Waals surface area contributed by atoms with Gasteiger partial charge in [-0.15, -0.1) is 0 Å². The SMILES string of the molecule is CN(C)CCNC(=O)Cc1cccc(N(Cc2ccccc2)C(=O)c2ccccc2)c1. The van der Waals surface area contributed by atoms with E-state index in [1.165, 1.54) is 0 Å². The molecule has 5 heteroatoms. The van der Waals surface area contributed by atoms with E-state index in [2.05, 4.69) is 5.32 Å². The van der Waals surface area contributed by atoms with Gasteiger partial charge in [0.1, 0.15) is 0 Å². The van der Waals surface area contributed by atoms with Gasteiger partial charge in [-0.05, 0) is 49.5 Å². The molecule has 3 aromatic rings. The van der Waals surface area contributed by atoms with Crippen LogP contribution in [0.25, 0.3) is 0 Å². The molecule has 31 heavy (non-hydrogen) atoms. The number of hydrogen-bond donors (Lipinski definition) is 1. The van der Waals surface area contributed by atoms with Crippen molar-refractivity contribution >= 4 is 17.5 Å². The smallest absolute Gasteiger partial charge is 0.258 e. The molecule has 5 nitrogen and oxygen atoms in total. The van der Waals surface area contributed by atoms with Crippen molar-refractivity contribution in [3.05, 3.63) is 102 Å². The van der Waals surface area contributed by atoms with Gasteiger partial charge in [0.15, 0.2) is 0 Å². The molecule has 0 aromatic heterocycles. The lowest BCUT2D eigenvalue weighted by Crippen LogP contribution is -2.32. The molecule has 0 unspecified atom stereocenters. The zero-order valence-electron chi connectivity index (χ0n) is 18.1. The Bertz CT molecular complexity index is 988. The number of anilines is 1. The number of rotatable bonds is 9. The van der Waals surface area contributed by atoms with Crippen LogP contribution in [0, 0.1) is 0 Å². The lowest BCUT2D eigenvalue weighted by atomic mass is 10.1. The van der Waals surface area contributed by atoms with Crippen molar-refractivity contribution in [2.75, 3.05) is 32.1 Å². The largest absolute Gasteiger partial charge is 0.355 e. The second-order valence-corrected chi connectivity index (χ2v) is 7.74. The molecule has 0 aliphatic heterocycles. The van der Waals surface area contributed by atoms with Crippen LogP contribution in [0.1, 0.15) is 21.5 Å². The summed E-state index contributed by atoms with van der Waals surface area (Å²) in [5.41, 5.74) is 3.32. The molecule has 3 aromatic carbocycles. The van der Waals surface area contributed by atoms with Crippen LogP contribution < -0.4 is 10.2 Å². The number of likely N-dealkylation sites (N-methyl/N-ethyl adjacent to an activating group) is 1. The fourth-order valence-corrected chi connectivity index (χ4v) is 3.28. The third-order valence-corrected chi connectivity index (χ3v) is 4.92. The quantitative estimate of drug-likeness (QED) is 0.579. The third-order valence-electron chi connectivity index (χ3n) is 4.92. The van der Waals surface area contributed by atoms with Crippen molar-refractivity contribution in [1.82, 2.24) is 10.2 Å². The first-order chi connectivity index (χ1) is 15.0. The minimum absolute atomic E-state index is 0.0250. The molecule has 0 fully saturated rings. The van der Waals surface area contributed by atoms with Gasteiger partial charge in [-0.3, -0.25) is 9.59 Å². The fourth-order valence-electron chi connectivity index (χ4n) is 3.28. The van der Waals surface area contributed by atoms with Crippen LogP contribution in [-0.2, 0) is 17.8 Å². The maximum atomic E-state index is 13.3. The van der Waals surface area contributed by atoms with Gasteiger partial charge in [0, 0.05) is 24.3 Å². The number of nitrogens with zero attached hydrogens (tertiary/aromatic N) is 2. The first kappa shape index (κ1) is 22.2. The summed E-state index contributed by atoms with van der Waals surface area (Å²) in [4.78, 5) is 29.4. The Balaban J connectivity index is 1.81. The lowest BCUT2D eigenvalue weighted by Gasteiger charge is -2.24. The Morgan fingerprint density at radius 2 is 1.45 bits per heavy atom. The van der Waals surface area contributed by atoms with E-state index in [9.17, 15) is 9.59 Å². The molecular weight excluding hydrogens is 386 g/mol. The number of carbonyl (C=O) groups excluding carboxylic acids is 2. The van der Waals surface area contributed by atoms with Crippen LogP contribution in [0.15, 0.2) is 84.9 Å². The summed E-state index contributed by atoms with van der Waals surface area (Å²) in [6.45, 7) is 1.85. The predicted octanol–water partition coefficient (Wildman–Crippen LogP) is 3.75. The number of amides is 2. The normalized spacial score (nSPS) is 10.7. The molecule has 0 aliphatic carbocycles. The summed E-state index contributed by atoms with van der Waals surface area (Å²) in [6.07, 6.45) is 0.278. The number of nitrogens with one attached hydrogen (secondary N) is 1. The minimum atomic E-state index is -0.0722. The summed E-state index contributed by atoms with van der Waals surface area (Å²) in [5.74, 6) is -0.0972. The van der Waals surface area contributed by atoms with Crippen molar-refractivity contribution < 1.29 is 9.59 Å². The van der Waals surface area contributed by atoms with Crippen LogP contribution in [0.3, 0.4) is 0 Å². The lowest BCUT2D eigenvalue weighted by molar-refractivity contribution is -0.120. The van der Waals surface area contributed by atoms with Crippen LogP contribution >= 0.6 is 0 Å². The highest BCUT2D eigenvalue weighted by Crippen LogP contribution is 2.22. The van der Waals surface area contributed by atoms with Gasteiger partial charge in [-0.2, -0.15) is 0 Å². The van der Waals surface area contributed by atoms with Crippen molar-refractivity contribution in [3.8, 4) is 0 Å². The standard InChI is InChI=1S/C26H29N3O2/c1-28(2)17-16-27-25(30)19-22-12-9-15-24(18-22)29(20-21-10-5-3-6-11-21)26(31)23-13-7-4-8-14-23/h3-15,18H,16-17,19-20H2,1-2H3,(H,27,30). The predicted molar refractivity (Wildman–Crippen MR) is 125 cm³/mol. The summed E-state index contributed by atoms with van der Waals surface area (Å²) >= 11 is 0. The van der Waals surface area contributed by atoms with Gasteiger partial charge in [0.05, 0.1) is 13.0 Å². The van der Waals surface area contributed by atoms with Crippen molar-refractivity contribution in [2.45, 2.75) is 13.0 Å². The molecule has 0 radical (unpaired) electrons. The van der Waals surface area contributed by atoms with E-state index in [0.717, 1.165) is 23.4 Å². The van der Waals surface area contributed by atoms with E-state index in [0.29, 0.717) is 18.7 Å². The van der Waals surface area contributed by atoms with E-state index < -0.39 is 0 Å². The van der Waals surface area contributed by atoms with Crippen LogP contribution in [0.4, 0.5) is 5.69 Å². The minimum Gasteiger partial charge on any atom is -0.355 e. The molecule has 1 N–H and O–H groups in total. The van der Waals surface area contributed by atoms with E-state index >= 15 is 0 Å². The molecule has 160 valence electrons. The highest BCUT2D eigenvalue weighted by atomic mass is 16.2. The number of hydrogen-bond acceptors (Lipinski definition) is 3. The van der Waals surface area contributed by atoms with E-state index in [1.807, 2.05) is 104 Å². The first-order valence-corrected chi connectivity index (χ1v) is 10.4. The summed E-state index contributed by atoms with van der Waals surface area (Å²) in [5, 5.41) is 2.94. The third kappa shape index (κ3) is 6.79. The van der Waals surface area contributed by atoms with Gasteiger partial charge < -0.3 is 15.1 Å². The number of carbonyl (C=O) groups is 2. The summed E-state index contributed by atoms with van der Waals surface area (Å²) in [7, 11) is 3.95. The van der Waals surface area contributed by atoms with Gasteiger partial charge >= 0.3 is 0 Å². The fraction of sp³-hybridized carbons (Fsp3) is 0.231. The van der Waals surface area contributed by atoms with Crippen molar-refractivity contribution in [1.29, 1.82) is 0 Å². The van der Waals surface area contributed by atoms with Crippen LogP contribution in [0.2, 0.25) is 0 Å². The van der Waals surface area contributed by atoms with Crippen LogP contribution in [0.5, 0.6) is 0 Å². The Labute approximate surface area is 184 Å². The second-order valence-electron chi connectivity index (χ2n) is 7.74. The first-order valence-electron chi connectivity index (χ1n) is 10.4. The zero-order valence-corrected chi connectivity index (χ0v) is 18.1. The van der Waals surface area contributed by atoms with E-state index in [4.69, 9.17) is 0 Å². The maximum Gasteiger partial charge on any atom is 0.258 e. The average molecular weight is 416 g/mol. The Morgan fingerprint density at radius 3 is 2.13 bits per heavy atom. The monoisotopic (exact) mass is 415 g/mol. The number of benzene rings is 3. The van der Waals surface area contributed by atoms with Crippen LogP contribution in [-0.4, -0.2) is 43.9 Å². The molecule has 0 atom stereocenters. The molecule has 0 aliphatic rings. The topological polar surface area (TPSA) is 52.7 Å². The summed E-state index contributed by atoms with van der Waals surface area (Å²) in [6, 6.07) is 26.8. The molecule has 3 rings (SSSR count). The van der Waals surface area contributed by atoms with Crippen molar-refractivity contribution in [3.63, 3.8) is 0 Å². The molecule has 0 saturated heterocycles. The molecule has 0 saturated carbocycles. The van der Waals surface area contributed by atoms with E-state index in [1.54, 1.807) is 4.90 Å². The maximum absolute atomic E-state index is 13.3. The van der Waals surface area contributed by atoms with Gasteiger partial charge in [-0.1, -0.05) is 60.7 Å². The van der Waals surface area contributed by atoms with Gasteiger partial charge in [0.2, 0.25) is 5.91 Å². The Morgan fingerprint density at radius 1 is 0.806 bits per heavy atom. The average Bonchev–Trinajstić information content (AvgIpc) is 2.78. The van der Waals surface area contributed by atoms with Gasteiger partial charge in [0.25, 0.3) is 5.91 Å².